The number of rotatable bonds is 4. The third kappa shape index (κ3) is 2.70. The summed E-state index contributed by atoms with van der Waals surface area (Å²) >= 11 is 0. The lowest BCUT2D eigenvalue weighted by Gasteiger charge is -2.11. The van der Waals surface area contributed by atoms with Crippen LogP contribution in [0.4, 0.5) is 0 Å². The zero-order valence-electron chi connectivity index (χ0n) is 12.8. The van der Waals surface area contributed by atoms with E-state index in [1.54, 1.807) is 14.0 Å². The van der Waals surface area contributed by atoms with Crippen molar-refractivity contribution in [3.8, 4) is 5.75 Å². The molecule has 0 bridgehead atoms. The molecule has 1 aromatic carbocycles. The first-order valence-electron chi connectivity index (χ1n) is 6.79. The SMILES string of the molecule is COc1ccc(C)cc1Cn1nc(C)c(C(C)O)c1C. The van der Waals surface area contributed by atoms with Gasteiger partial charge >= 0.3 is 0 Å². The number of aliphatic hydroxyl groups is 1. The fourth-order valence-electron chi connectivity index (χ4n) is 2.66. The van der Waals surface area contributed by atoms with Crippen molar-refractivity contribution >= 4 is 0 Å². The first kappa shape index (κ1) is 14.6. The fraction of sp³-hybridized carbons (Fsp3) is 0.438. The second-order valence-electron chi connectivity index (χ2n) is 5.23. The Balaban J connectivity index is 2.40. The average Bonchev–Trinajstić information content (AvgIpc) is 2.64. The zero-order valence-corrected chi connectivity index (χ0v) is 12.8. The predicted molar refractivity (Wildman–Crippen MR) is 79.2 cm³/mol. The number of nitrogens with zero attached hydrogens (tertiary/aromatic N) is 2. The summed E-state index contributed by atoms with van der Waals surface area (Å²) in [6.07, 6.45) is -0.497. The van der Waals surface area contributed by atoms with Crippen LogP contribution in [0.15, 0.2) is 18.2 Å². The van der Waals surface area contributed by atoms with Gasteiger partial charge in [0.1, 0.15) is 5.75 Å². The van der Waals surface area contributed by atoms with Crippen molar-refractivity contribution in [1.82, 2.24) is 9.78 Å². The molecule has 0 amide bonds. The first-order chi connectivity index (χ1) is 9.43. The quantitative estimate of drug-likeness (QED) is 0.932. The van der Waals surface area contributed by atoms with Gasteiger partial charge in [-0.1, -0.05) is 17.7 Å². The van der Waals surface area contributed by atoms with E-state index in [4.69, 9.17) is 4.74 Å². The molecular weight excluding hydrogens is 252 g/mol. The van der Waals surface area contributed by atoms with Crippen LogP contribution in [0, 0.1) is 20.8 Å². The van der Waals surface area contributed by atoms with Gasteiger partial charge in [-0.3, -0.25) is 4.68 Å². The molecule has 0 aliphatic rings. The lowest BCUT2D eigenvalue weighted by atomic mass is 10.1. The highest BCUT2D eigenvalue weighted by Gasteiger charge is 2.16. The van der Waals surface area contributed by atoms with Crippen molar-refractivity contribution in [2.75, 3.05) is 7.11 Å². The third-order valence-corrected chi connectivity index (χ3v) is 3.61. The first-order valence-corrected chi connectivity index (χ1v) is 6.79. The predicted octanol–water partition coefficient (Wildman–Crippen LogP) is 2.92. The van der Waals surface area contributed by atoms with E-state index in [1.807, 2.05) is 30.7 Å². The van der Waals surface area contributed by atoms with Crippen molar-refractivity contribution in [3.05, 3.63) is 46.3 Å². The summed E-state index contributed by atoms with van der Waals surface area (Å²) in [6, 6.07) is 6.12. The third-order valence-electron chi connectivity index (χ3n) is 3.61. The highest BCUT2D eigenvalue weighted by atomic mass is 16.5. The van der Waals surface area contributed by atoms with Crippen LogP contribution >= 0.6 is 0 Å². The summed E-state index contributed by atoms with van der Waals surface area (Å²) < 4.78 is 7.33. The van der Waals surface area contributed by atoms with Gasteiger partial charge in [0, 0.05) is 16.8 Å². The molecule has 0 spiro atoms. The number of hydrogen-bond acceptors (Lipinski definition) is 3. The minimum atomic E-state index is -0.497. The standard InChI is InChI=1S/C16H22N2O2/c1-10-6-7-15(20-5)14(8-10)9-18-12(3)16(13(4)19)11(2)17-18/h6-8,13,19H,9H2,1-5H3. The average molecular weight is 274 g/mol. The molecule has 1 unspecified atom stereocenters. The molecule has 108 valence electrons. The topological polar surface area (TPSA) is 47.3 Å². The maximum atomic E-state index is 9.83. The Morgan fingerprint density at radius 2 is 2.00 bits per heavy atom. The van der Waals surface area contributed by atoms with Crippen molar-refractivity contribution in [1.29, 1.82) is 0 Å². The molecule has 0 saturated carbocycles. The van der Waals surface area contributed by atoms with Crippen LogP contribution in [0.2, 0.25) is 0 Å². The van der Waals surface area contributed by atoms with Crippen molar-refractivity contribution < 1.29 is 9.84 Å². The number of hydrogen-bond donors (Lipinski definition) is 1. The molecule has 1 N–H and O–H groups in total. The molecule has 20 heavy (non-hydrogen) atoms. The molecule has 0 fully saturated rings. The van der Waals surface area contributed by atoms with Crippen LogP contribution in [0.3, 0.4) is 0 Å². The van der Waals surface area contributed by atoms with Crippen LogP contribution in [0.1, 0.15) is 41.1 Å². The second kappa shape index (κ2) is 5.67. The largest absolute Gasteiger partial charge is 0.496 e. The summed E-state index contributed by atoms with van der Waals surface area (Å²) in [7, 11) is 1.68. The number of aliphatic hydroxyl groups excluding tert-OH is 1. The van der Waals surface area contributed by atoms with Crippen molar-refractivity contribution in [2.24, 2.45) is 0 Å². The van der Waals surface area contributed by atoms with Gasteiger partial charge in [0.2, 0.25) is 0 Å². The van der Waals surface area contributed by atoms with Crippen LogP contribution in [0.5, 0.6) is 5.75 Å². The highest BCUT2D eigenvalue weighted by molar-refractivity contribution is 5.37. The van der Waals surface area contributed by atoms with Gasteiger partial charge in [-0.25, -0.2) is 0 Å². The summed E-state index contributed by atoms with van der Waals surface area (Å²) in [5, 5.41) is 14.4. The fourth-order valence-corrected chi connectivity index (χ4v) is 2.66. The molecule has 1 atom stereocenters. The van der Waals surface area contributed by atoms with E-state index in [9.17, 15) is 5.11 Å². The van der Waals surface area contributed by atoms with E-state index in [0.717, 1.165) is 28.3 Å². The zero-order chi connectivity index (χ0) is 14.9. The molecule has 0 aliphatic carbocycles. The Hall–Kier alpha value is -1.81. The monoisotopic (exact) mass is 274 g/mol. The Labute approximate surface area is 120 Å². The molecule has 0 aliphatic heterocycles. The molecule has 4 nitrogen and oxygen atoms in total. The minimum absolute atomic E-state index is 0.497. The molecule has 0 radical (unpaired) electrons. The molecule has 2 rings (SSSR count). The number of methoxy groups -OCH3 is 1. The smallest absolute Gasteiger partial charge is 0.123 e. The van der Waals surface area contributed by atoms with Crippen LogP contribution in [-0.2, 0) is 6.54 Å². The van der Waals surface area contributed by atoms with Gasteiger partial charge in [0.05, 0.1) is 25.5 Å². The molecular formula is C16H22N2O2. The number of aromatic nitrogens is 2. The van der Waals surface area contributed by atoms with E-state index in [-0.39, 0.29) is 0 Å². The van der Waals surface area contributed by atoms with Crippen LogP contribution < -0.4 is 4.74 Å². The van der Waals surface area contributed by atoms with E-state index in [1.165, 1.54) is 5.56 Å². The van der Waals surface area contributed by atoms with E-state index >= 15 is 0 Å². The maximum absolute atomic E-state index is 9.83. The van der Waals surface area contributed by atoms with Crippen LogP contribution in [-0.4, -0.2) is 22.0 Å². The number of ether oxygens (including phenoxy) is 1. The lowest BCUT2D eigenvalue weighted by molar-refractivity contribution is 0.197. The second-order valence-corrected chi connectivity index (χ2v) is 5.23. The molecule has 1 aromatic heterocycles. The Morgan fingerprint density at radius 1 is 1.30 bits per heavy atom. The van der Waals surface area contributed by atoms with E-state index in [2.05, 4.69) is 18.1 Å². The maximum Gasteiger partial charge on any atom is 0.123 e. The van der Waals surface area contributed by atoms with E-state index in [0.29, 0.717) is 6.54 Å². The summed E-state index contributed by atoms with van der Waals surface area (Å²) in [6.45, 7) is 8.40. The van der Waals surface area contributed by atoms with Gasteiger partial charge in [-0.05, 0) is 33.8 Å². The molecule has 4 heteroatoms. The van der Waals surface area contributed by atoms with Gasteiger partial charge in [-0.2, -0.15) is 5.10 Å². The van der Waals surface area contributed by atoms with E-state index < -0.39 is 6.10 Å². The molecule has 1 heterocycles. The number of benzene rings is 1. The summed E-state index contributed by atoms with van der Waals surface area (Å²) in [5.74, 6) is 0.863. The highest BCUT2D eigenvalue weighted by Crippen LogP contribution is 2.25. The normalized spacial score (nSPS) is 12.5. The summed E-state index contributed by atoms with van der Waals surface area (Å²) in [4.78, 5) is 0. The van der Waals surface area contributed by atoms with Crippen molar-refractivity contribution in [3.63, 3.8) is 0 Å². The lowest BCUT2D eigenvalue weighted by Crippen LogP contribution is -2.06. The Bertz CT molecular complexity index is 615. The van der Waals surface area contributed by atoms with Crippen LogP contribution in [0.25, 0.3) is 0 Å². The molecule has 0 saturated heterocycles. The van der Waals surface area contributed by atoms with Gasteiger partial charge in [0.25, 0.3) is 0 Å². The minimum Gasteiger partial charge on any atom is -0.496 e. The van der Waals surface area contributed by atoms with Gasteiger partial charge in [0.15, 0.2) is 0 Å². The molecule has 2 aromatic rings. The van der Waals surface area contributed by atoms with Crippen molar-refractivity contribution in [2.45, 2.75) is 40.3 Å². The van der Waals surface area contributed by atoms with Gasteiger partial charge < -0.3 is 9.84 Å². The Kier molecular flexibility index (Phi) is 4.14. The number of aryl methyl sites for hydroxylation is 2. The summed E-state index contributed by atoms with van der Waals surface area (Å²) in [5.41, 5.74) is 5.08. The Morgan fingerprint density at radius 3 is 2.55 bits per heavy atom. The van der Waals surface area contributed by atoms with Gasteiger partial charge in [-0.15, -0.1) is 0 Å².